The molecule has 0 saturated heterocycles. The zero-order valence-electron chi connectivity index (χ0n) is 20.1. The van der Waals surface area contributed by atoms with E-state index in [0.29, 0.717) is 0 Å². The van der Waals surface area contributed by atoms with Crippen molar-refractivity contribution in [2.24, 2.45) is 4.99 Å². The summed E-state index contributed by atoms with van der Waals surface area (Å²) in [5, 5.41) is 3.78. The van der Waals surface area contributed by atoms with Gasteiger partial charge in [0.2, 0.25) is 0 Å². The van der Waals surface area contributed by atoms with E-state index < -0.39 is 26.9 Å². The summed E-state index contributed by atoms with van der Waals surface area (Å²) in [6.45, 7) is 0.727. The number of hydrogen-bond donors (Lipinski definition) is 1. The Balaban J connectivity index is 1.77. The fourth-order valence-electron chi connectivity index (χ4n) is 3.64. The number of ether oxygens (including phenoxy) is 1. The summed E-state index contributed by atoms with van der Waals surface area (Å²) < 4.78 is 7.21. The van der Waals surface area contributed by atoms with Crippen LogP contribution in [0, 0.1) is 0 Å². The molecule has 4 rings (SSSR count). The van der Waals surface area contributed by atoms with Gasteiger partial charge >= 0.3 is 224 Å². The van der Waals surface area contributed by atoms with Crippen LogP contribution in [0.4, 0.5) is 5.69 Å². The first kappa shape index (κ1) is 25.6. The van der Waals surface area contributed by atoms with Crippen LogP contribution in [-0.2, 0) is 16.1 Å². The molecule has 0 aliphatic carbocycles. The first-order valence-corrected chi connectivity index (χ1v) is 14.0. The second kappa shape index (κ2) is 13.6. The molecular formula is C31H28N2O2Te. The number of hydrogen-bond acceptors (Lipinski definition) is 4. The number of nitrogens with zero attached hydrogens (tertiary/aromatic N) is 1. The van der Waals surface area contributed by atoms with E-state index >= 15 is 0 Å². The van der Waals surface area contributed by atoms with Gasteiger partial charge in [-0.05, 0) is 0 Å². The second-order valence-corrected chi connectivity index (χ2v) is 11.1. The zero-order chi connectivity index (χ0) is 25.0. The molecule has 1 atom stereocenters. The average molecular weight is 588 g/mol. The second-order valence-electron chi connectivity index (χ2n) is 7.99. The first-order chi connectivity index (χ1) is 17.7. The Morgan fingerprint density at radius 3 is 2.17 bits per heavy atom. The summed E-state index contributed by atoms with van der Waals surface area (Å²) in [5.74, 6) is -0.390. The number of esters is 1. The molecule has 1 N–H and O–H groups in total. The van der Waals surface area contributed by atoms with Gasteiger partial charge in [0.1, 0.15) is 0 Å². The van der Waals surface area contributed by atoms with E-state index in [2.05, 4.69) is 78.1 Å². The van der Waals surface area contributed by atoms with Crippen molar-refractivity contribution in [2.45, 2.75) is 12.6 Å². The summed E-state index contributed by atoms with van der Waals surface area (Å²) in [7, 11) is 1.38. The summed E-state index contributed by atoms with van der Waals surface area (Å²) in [6.07, 6.45) is 3.20. The Bertz CT molecular complexity index is 1310. The average Bonchev–Trinajstić information content (AvgIpc) is 2.94. The number of para-hydroxylation sites is 1. The number of aliphatic imine (C=N–C) groups is 1. The van der Waals surface area contributed by atoms with E-state index in [1.165, 1.54) is 27.9 Å². The van der Waals surface area contributed by atoms with Crippen LogP contribution in [0.1, 0.15) is 22.7 Å². The third-order valence-corrected chi connectivity index (χ3v) is 8.45. The first-order valence-electron chi connectivity index (χ1n) is 11.7. The molecule has 0 fully saturated rings. The molecule has 36 heavy (non-hydrogen) atoms. The molecule has 0 radical (unpaired) electrons. The van der Waals surface area contributed by atoms with Crippen LogP contribution in [-0.4, -0.2) is 37.8 Å². The minimum absolute atomic E-state index is 0.0494. The van der Waals surface area contributed by atoms with Gasteiger partial charge in [0.05, 0.1) is 0 Å². The third-order valence-electron chi connectivity index (χ3n) is 5.47. The van der Waals surface area contributed by atoms with Crippen molar-refractivity contribution in [1.82, 2.24) is 5.32 Å². The normalized spacial score (nSPS) is 12.4. The zero-order valence-corrected chi connectivity index (χ0v) is 22.4. The van der Waals surface area contributed by atoms with E-state index in [-0.39, 0.29) is 6.04 Å². The predicted molar refractivity (Wildman–Crippen MR) is 149 cm³/mol. The van der Waals surface area contributed by atoms with Crippen molar-refractivity contribution in [2.75, 3.05) is 7.11 Å². The van der Waals surface area contributed by atoms with E-state index in [0.717, 1.165) is 21.6 Å². The molecular weight excluding hydrogens is 560 g/mol. The van der Waals surface area contributed by atoms with Crippen molar-refractivity contribution in [3.63, 3.8) is 0 Å². The molecule has 0 amide bonds. The topological polar surface area (TPSA) is 50.7 Å². The van der Waals surface area contributed by atoms with Crippen molar-refractivity contribution < 1.29 is 9.53 Å². The Labute approximate surface area is 222 Å². The van der Waals surface area contributed by atoms with Crippen LogP contribution >= 0.6 is 0 Å². The SMILES string of the molecule is COC(=O)/C=C/c1ccccc1N=C([Te]c1ccccc1)C(NCc1ccccc1)c1ccccc1. The molecule has 5 heteroatoms. The summed E-state index contributed by atoms with van der Waals surface area (Å²) in [4.78, 5) is 17.0. The number of methoxy groups -OCH3 is 1. The summed E-state index contributed by atoms with van der Waals surface area (Å²) >= 11 is -0.809. The number of nitrogens with one attached hydrogen (secondary N) is 1. The van der Waals surface area contributed by atoms with Crippen molar-refractivity contribution in [3.8, 4) is 0 Å². The van der Waals surface area contributed by atoms with Crippen molar-refractivity contribution in [3.05, 3.63) is 138 Å². The van der Waals surface area contributed by atoms with Crippen LogP contribution < -0.4 is 8.93 Å². The maximum atomic E-state index is 11.7. The molecule has 0 aliphatic rings. The van der Waals surface area contributed by atoms with Crippen LogP contribution in [0.3, 0.4) is 0 Å². The number of carbonyl (C=O) groups excluding carboxylic acids is 1. The van der Waals surface area contributed by atoms with Crippen LogP contribution in [0.25, 0.3) is 6.08 Å². The van der Waals surface area contributed by atoms with Crippen LogP contribution in [0.2, 0.25) is 0 Å². The molecule has 0 heterocycles. The summed E-state index contributed by atoms with van der Waals surface area (Å²) in [6, 6.07) is 39.3. The standard InChI is InChI=1S/C31H28N2O2Te/c1-35-29(34)22-21-25-15-11-12-20-28(25)33-31(36-27-18-9-4-10-19-27)30(26-16-7-3-8-17-26)32-23-24-13-5-2-6-14-24/h2-22,30,32H,23H2,1H3/b22-21+,33-31?. The van der Waals surface area contributed by atoms with E-state index in [1.54, 1.807) is 6.08 Å². The van der Waals surface area contributed by atoms with Gasteiger partial charge in [0, 0.05) is 0 Å². The Morgan fingerprint density at radius 2 is 1.47 bits per heavy atom. The van der Waals surface area contributed by atoms with Crippen molar-refractivity contribution >= 4 is 46.0 Å². The molecule has 4 nitrogen and oxygen atoms in total. The minimum atomic E-state index is -0.809. The Kier molecular flexibility index (Phi) is 9.64. The molecule has 0 aromatic heterocycles. The number of benzene rings is 4. The van der Waals surface area contributed by atoms with Gasteiger partial charge in [-0.2, -0.15) is 0 Å². The molecule has 0 saturated carbocycles. The molecule has 0 aliphatic heterocycles. The molecule has 0 spiro atoms. The third kappa shape index (κ3) is 7.50. The predicted octanol–water partition coefficient (Wildman–Crippen LogP) is 5.46. The monoisotopic (exact) mass is 590 g/mol. The van der Waals surface area contributed by atoms with E-state index in [1.807, 2.05) is 42.5 Å². The van der Waals surface area contributed by atoms with Gasteiger partial charge in [0.25, 0.3) is 0 Å². The van der Waals surface area contributed by atoms with Crippen molar-refractivity contribution in [1.29, 1.82) is 0 Å². The molecule has 4 aromatic carbocycles. The van der Waals surface area contributed by atoms with Gasteiger partial charge in [0.15, 0.2) is 0 Å². The van der Waals surface area contributed by atoms with Gasteiger partial charge in [-0.3, -0.25) is 0 Å². The van der Waals surface area contributed by atoms with E-state index in [9.17, 15) is 4.79 Å². The quantitative estimate of drug-likeness (QED) is 0.116. The summed E-state index contributed by atoms with van der Waals surface area (Å²) in [5.41, 5.74) is 4.10. The molecule has 0 bridgehead atoms. The van der Waals surface area contributed by atoms with Gasteiger partial charge in [-0.25, -0.2) is 0 Å². The molecule has 1 unspecified atom stereocenters. The Morgan fingerprint density at radius 1 is 0.861 bits per heavy atom. The fourth-order valence-corrected chi connectivity index (χ4v) is 6.54. The van der Waals surface area contributed by atoms with E-state index in [4.69, 9.17) is 9.73 Å². The fraction of sp³-hybridized carbons (Fsp3) is 0.0968. The molecule has 4 aromatic rings. The van der Waals surface area contributed by atoms with Gasteiger partial charge in [-0.15, -0.1) is 0 Å². The number of carbonyl (C=O) groups is 1. The number of rotatable bonds is 10. The Hall–Kier alpha value is -3.49. The van der Waals surface area contributed by atoms with Gasteiger partial charge in [-0.1, -0.05) is 0 Å². The van der Waals surface area contributed by atoms with Crippen LogP contribution in [0.15, 0.2) is 126 Å². The van der Waals surface area contributed by atoms with Gasteiger partial charge < -0.3 is 0 Å². The maximum absolute atomic E-state index is 11.7. The molecule has 180 valence electrons. The van der Waals surface area contributed by atoms with Crippen LogP contribution in [0.5, 0.6) is 0 Å².